The van der Waals surface area contributed by atoms with Crippen LogP contribution in [0.2, 0.25) is 0 Å². The number of pyridine rings is 1. The van der Waals surface area contributed by atoms with Crippen molar-refractivity contribution in [2.45, 2.75) is 31.8 Å². The van der Waals surface area contributed by atoms with Crippen molar-refractivity contribution in [2.75, 3.05) is 0 Å². The SMILES string of the molecule is O=C(O)c1ccc(OC2CCCC2)nc1. The number of hydrogen-bond donors (Lipinski definition) is 1. The van der Waals surface area contributed by atoms with Gasteiger partial charge in [0.15, 0.2) is 0 Å². The molecule has 0 saturated heterocycles. The van der Waals surface area contributed by atoms with Gasteiger partial charge in [-0.05, 0) is 31.7 Å². The largest absolute Gasteiger partial charge is 0.478 e. The molecule has 0 radical (unpaired) electrons. The van der Waals surface area contributed by atoms with E-state index in [0.717, 1.165) is 12.8 Å². The van der Waals surface area contributed by atoms with Gasteiger partial charge in [-0.2, -0.15) is 0 Å². The quantitative estimate of drug-likeness (QED) is 0.824. The van der Waals surface area contributed by atoms with Gasteiger partial charge in [0.2, 0.25) is 5.88 Å². The summed E-state index contributed by atoms with van der Waals surface area (Å²) in [5, 5.41) is 8.68. The van der Waals surface area contributed by atoms with Crippen molar-refractivity contribution in [1.82, 2.24) is 4.98 Å². The lowest BCUT2D eigenvalue weighted by Gasteiger charge is -2.11. The number of rotatable bonds is 3. The summed E-state index contributed by atoms with van der Waals surface area (Å²) in [6.45, 7) is 0. The van der Waals surface area contributed by atoms with Crippen LogP contribution in [0.3, 0.4) is 0 Å². The first-order valence-corrected chi connectivity index (χ1v) is 5.12. The van der Waals surface area contributed by atoms with Crippen molar-refractivity contribution in [2.24, 2.45) is 0 Å². The molecular formula is C11H13NO3. The highest BCUT2D eigenvalue weighted by molar-refractivity contribution is 5.87. The third-order valence-corrected chi connectivity index (χ3v) is 2.57. The van der Waals surface area contributed by atoms with Gasteiger partial charge in [-0.25, -0.2) is 9.78 Å². The molecular weight excluding hydrogens is 194 g/mol. The minimum Gasteiger partial charge on any atom is -0.478 e. The van der Waals surface area contributed by atoms with Crippen LogP contribution in [0.4, 0.5) is 0 Å². The van der Waals surface area contributed by atoms with E-state index in [-0.39, 0.29) is 11.7 Å². The molecule has 1 N–H and O–H groups in total. The van der Waals surface area contributed by atoms with E-state index in [1.165, 1.54) is 25.1 Å². The van der Waals surface area contributed by atoms with Crippen LogP contribution in [0, 0.1) is 0 Å². The number of aromatic nitrogens is 1. The highest BCUT2D eigenvalue weighted by Gasteiger charge is 2.16. The van der Waals surface area contributed by atoms with Gasteiger partial charge in [-0.3, -0.25) is 0 Å². The summed E-state index contributed by atoms with van der Waals surface area (Å²) in [5.74, 6) is -0.443. The monoisotopic (exact) mass is 207 g/mol. The summed E-state index contributed by atoms with van der Waals surface area (Å²) < 4.78 is 5.61. The molecule has 1 aliphatic rings. The van der Waals surface area contributed by atoms with Gasteiger partial charge in [0, 0.05) is 12.3 Å². The maximum Gasteiger partial charge on any atom is 0.337 e. The molecule has 1 aliphatic carbocycles. The summed E-state index contributed by atoms with van der Waals surface area (Å²) >= 11 is 0. The number of carboxylic acid groups (broad SMARTS) is 1. The van der Waals surface area contributed by atoms with E-state index in [9.17, 15) is 4.79 Å². The number of aromatic carboxylic acids is 1. The van der Waals surface area contributed by atoms with E-state index in [1.807, 2.05) is 0 Å². The fraction of sp³-hybridized carbons (Fsp3) is 0.455. The Kier molecular flexibility index (Phi) is 2.85. The van der Waals surface area contributed by atoms with E-state index in [0.29, 0.717) is 5.88 Å². The first kappa shape index (κ1) is 9.96. The lowest BCUT2D eigenvalue weighted by molar-refractivity contribution is 0.0696. The van der Waals surface area contributed by atoms with Crippen LogP contribution in [0.5, 0.6) is 5.88 Å². The molecule has 0 spiro atoms. The molecule has 2 rings (SSSR count). The molecule has 4 nitrogen and oxygen atoms in total. The number of hydrogen-bond acceptors (Lipinski definition) is 3. The molecule has 1 aromatic rings. The zero-order chi connectivity index (χ0) is 10.7. The fourth-order valence-electron chi connectivity index (χ4n) is 1.75. The highest BCUT2D eigenvalue weighted by Crippen LogP contribution is 2.22. The van der Waals surface area contributed by atoms with E-state index in [1.54, 1.807) is 6.07 Å². The molecule has 15 heavy (non-hydrogen) atoms. The molecule has 1 heterocycles. The summed E-state index contributed by atoms with van der Waals surface area (Å²) in [5.41, 5.74) is 0.189. The smallest absolute Gasteiger partial charge is 0.337 e. The van der Waals surface area contributed by atoms with Gasteiger partial charge in [-0.15, -0.1) is 0 Å². The average molecular weight is 207 g/mol. The molecule has 1 saturated carbocycles. The van der Waals surface area contributed by atoms with Crippen LogP contribution in [-0.2, 0) is 0 Å². The average Bonchev–Trinajstić information content (AvgIpc) is 2.71. The predicted octanol–water partition coefficient (Wildman–Crippen LogP) is 2.10. The molecule has 1 aromatic heterocycles. The van der Waals surface area contributed by atoms with Gasteiger partial charge in [0.1, 0.15) is 6.10 Å². The Labute approximate surface area is 87.9 Å². The molecule has 1 fully saturated rings. The van der Waals surface area contributed by atoms with E-state index >= 15 is 0 Å². The van der Waals surface area contributed by atoms with Gasteiger partial charge in [0.25, 0.3) is 0 Å². The van der Waals surface area contributed by atoms with Gasteiger partial charge >= 0.3 is 5.97 Å². The van der Waals surface area contributed by atoms with Crippen molar-refractivity contribution in [3.8, 4) is 5.88 Å². The summed E-state index contributed by atoms with van der Waals surface area (Å²) in [4.78, 5) is 14.5. The Morgan fingerprint density at radius 3 is 2.67 bits per heavy atom. The number of ether oxygens (including phenoxy) is 1. The zero-order valence-corrected chi connectivity index (χ0v) is 8.35. The maximum absolute atomic E-state index is 10.6. The van der Waals surface area contributed by atoms with Crippen LogP contribution < -0.4 is 4.74 Å². The van der Waals surface area contributed by atoms with Crippen molar-refractivity contribution in [1.29, 1.82) is 0 Å². The van der Waals surface area contributed by atoms with Gasteiger partial charge in [0.05, 0.1) is 5.56 Å². The van der Waals surface area contributed by atoms with E-state index in [4.69, 9.17) is 9.84 Å². The van der Waals surface area contributed by atoms with Crippen LogP contribution in [-0.4, -0.2) is 22.2 Å². The molecule has 0 aromatic carbocycles. The van der Waals surface area contributed by atoms with Crippen molar-refractivity contribution < 1.29 is 14.6 Å². The van der Waals surface area contributed by atoms with Crippen LogP contribution in [0.1, 0.15) is 36.0 Å². The third-order valence-electron chi connectivity index (χ3n) is 2.57. The van der Waals surface area contributed by atoms with Crippen LogP contribution in [0.25, 0.3) is 0 Å². The summed E-state index contributed by atoms with van der Waals surface area (Å²) in [6.07, 6.45) is 6.14. The molecule has 0 amide bonds. The Hall–Kier alpha value is -1.58. The summed E-state index contributed by atoms with van der Waals surface area (Å²) in [7, 11) is 0. The third kappa shape index (κ3) is 2.46. The topological polar surface area (TPSA) is 59.4 Å². The van der Waals surface area contributed by atoms with Crippen molar-refractivity contribution in [3.05, 3.63) is 23.9 Å². The molecule has 0 aliphatic heterocycles. The zero-order valence-electron chi connectivity index (χ0n) is 8.35. The fourth-order valence-corrected chi connectivity index (χ4v) is 1.75. The predicted molar refractivity (Wildman–Crippen MR) is 54.1 cm³/mol. The Balaban J connectivity index is 2.00. The van der Waals surface area contributed by atoms with Crippen molar-refractivity contribution in [3.63, 3.8) is 0 Å². The first-order chi connectivity index (χ1) is 7.25. The highest BCUT2D eigenvalue weighted by atomic mass is 16.5. The Morgan fingerprint density at radius 2 is 2.13 bits per heavy atom. The normalized spacial score (nSPS) is 16.5. The van der Waals surface area contributed by atoms with E-state index < -0.39 is 5.97 Å². The Morgan fingerprint density at radius 1 is 1.40 bits per heavy atom. The lowest BCUT2D eigenvalue weighted by atomic mass is 10.3. The van der Waals surface area contributed by atoms with Gasteiger partial charge in [-0.1, -0.05) is 0 Å². The number of carboxylic acids is 1. The van der Waals surface area contributed by atoms with E-state index in [2.05, 4.69) is 4.98 Å². The number of nitrogens with zero attached hydrogens (tertiary/aromatic N) is 1. The second-order valence-corrected chi connectivity index (χ2v) is 3.71. The minimum absolute atomic E-state index is 0.189. The van der Waals surface area contributed by atoms with Crippen LogP contribution >= 0.6 is 0 Å². The minimum atomic E-state index is -0.963. The van der Waals surface area contributed by atoms with Crippen LogP contribution in [0.15, 0.2) is 18.3 Å². The molecule has 80 valence electrons. The maximum atomic E-state index is 10.6. The van der Waals surface area contributed by atoms with Gasteiger partial charge < -0.3 is 9.84 Å². The Bertz CT molecular complexity index is 341. The lowest BCUT2D eigenvalue weighted by Crippen LogP contribution is -2.12. The molecule has 4 heteroatoms. The second-order valence-electron chi connectivity index (χ2n) is 3.71. The summed E-state index contributed by atoms with van der Waals surface area (Å²) in [6, 6.07) is 3.13. The molecule has 0 unspecified atom stereocenters. The second kappa shape index (κ2) is 4.29. The molecule has 0 bridgehead atoms. The molecule has 0 atom stereocenters. The standard InChI is InChI=1S/C11H13NO3/c13-11(14)8-5-6-10(12-7-8)15-9-3-1-2-4-9/h5-7,9H,1-4H2,(H,13,14). The number of carbonyl (C=O) groups is 1. The first-order valence-electron chi connectivity index (χ1n) is 5.12. The van der Waals surface area contributed by atoms with Crippen molar-refractivity contribution >= 4 is 5.97 Å².